The lowest BCUT2D eigenvalue weighted by Gasteiger charge is -2.41. The molecule has 1 aliphatic rings. The molecule has 5 heterocycles. The standard InChI is InChI=1S/C22H22N8O4S2/c1-10-24-22(30(27-10)12-3-4-13-16(5-12)36-11(2)25-13)21-20(33)18(19(32)15(8-31)34-21)29-7-14(26-28-29)17-6-23-9-35-17/h3-7,9,15,18-21,31-33H,8H2,1-2H3/t15?,18-,19-,20?,21+/m0/s1. The van der Waals surface area contributed by atoms with Gasteiger partial charge in [-0.3, -0.25) is 4.98 Å². The third-order valence-corrected chi connectivity index (χ3v) is 7.84. The Hall–Kier alpha value is -3.14. The molecule has 0 bridgehead atoms. The zero-order valence-electron chi connectivity index (χ0n) is 19.2. The molecule has 5 aromatic rings. The van der Waals surface area contributed by atoms with Crippen LogP contribution in [0.4, 0.5) is 0 Å². The monoisotopic (exact) mass is 526 g/mol. The predicted octanol–water partition coefficient (Wildman–Crippen LogP) is 1.60. The fourth-order valence-electron chi connectivity index (χ4n) is 4.47. The summed E-state index contributed by atoms with van der Waals surface area (Å²) in [5.41, 5.74) is 3.87. The minimum Gasteiger partial charge on any atom is -0.394 e. The number of aromatic nitrogens is 8. The van der Waals surface area contributed by atoms with Crippen LogP contribution in [0, 0.1) is 13.8 Å². The van der Waals surface area contributed by atoms with Crippen molar-refractivity contribution in [3.63, 3.8) is 0 Å². The molecule has 1 aromatic carbocycles. The molecule has 186 valence electrons. The van der Waals surface area contributed by atoms with E-state index in [2.05, 4.69) is 30.4 Å². The van der Waals surface area contributed by atoms with Crippen molar-refractivity contribution in [2.75, 3.05) is 6.61 Å². The van der Waals surface area contributed by atoms with Gasteiger partial charge in [-0.2, -0.15) is 5.10 Å². The highest BCUT2D eigenvalue weighted by atomic mass is 32.1. The lowest BCUT2D eigenvalue weighted by molar-refractivity contribution is -0.210. The van der Waals surface area contributed by atoms with Gasteiger partial charge in [0, 0.05) is 6.20 Å². The summed E-state index contributed by atoms with van der Waals surface area (Å²) < 4.78 is 10.0. The number of aliphatic hydroxyl groups is 3. The van der Waals surface area contributed by atoms with Gasteiger partial charge in [-0.05, 0) is 32.0 Å². The van der Waals surface area contributed by atoms with Gasteiger partial charge < -0.3 is 20.1 Å². The second-order valence-electron chi connectivity index (χ2n) is 8.51. The first-order valence-electron chi connectivity index (χ1n) is 11.2. The van der Waals surface area contributed by atoms with Gasteiger partial charge in [-0.1, -0.05) is 5.21 Å². The largest absolute Gasteiger partial charge is 0.394 e. The van der Waals surface area contributed by atoms with Crippen molar-refractivity contribution in [3.05, 3.63) is 52.8 Å². The van der Waals surface area contributed by atoms with Crippen molar-refractivity contribution in [1.29, 1.82) is 0 Å². The van der Waals surface area contributed by atoms with Gasteiger partial charge in [0.15, 0.2) is 5.82 Å². The first-order chi connectivity index (χ1) is 17.4. The molecule has 12 nitrogen and oxygen atoms in total. The van der Waals surface area contributed by atoms with Gasteiger partial charge in [0.25, 0.3) is 0 Å². The number of aliphatic hydroxyl groups excluding tert-OH is 3. The molecule has 14 heteroatoms. The summed E-state index contributed by atoms with van der Waals surface area (Å²) in [5.74, 6) is 0.830. The summed E-state index contributed by atoms with van der Waals surface area (Å²) in [6.07, 6.45) is -1.20. The van der Waals surface area contributed by atoms with Gasteiger partial charge in [-0.15, -0.1) is 27.8 Å². The Kier molecular flexibility index (Phi) is 5.86. The number of hydrogen-bond acceptors (Lipinski definition) is 12. The summed E-state index contributed by atoms with van der Waals surface area (Å²) in [6.45, 7) is 3.24. The minimum absolute atomic E-state index is 0.346. The molecule has 36 heavy (non-hydrogen) atoms. The summed E-state index contributed by atoms with van der Waals surface area (Å²) >= 11 is 2.97. The smallest absolute Gasteiger partial charge is 0.164 e. The van der Waals surface area contributed by atoms with Crippen LogP contribution in [-0.4, -0.2) is 80.0 Å². The quantitative estimate of drug-likeness (QED) is 0.307. The highest BCUT2D eigenvalue weighted by Gasteiger charge is 2.48. The first-order valence-corrected chi connectivity index (χ1v) is 12.9. The predicted molar refractivity (Wildman–Crippen MR) is 131 cm³/mol. The van der Waals surface area contributed by atoms with E-state index in [1.165, 1.54) is 16.0 Å². The van der Waals surface area contributed by atoms with E-state index >= 15 is 0 Å². The maximum Gasteiger partial charge on any atom is 0.164 e. The molecule has 5 atom stereocenters. The number of aryl methyl sites for hydroxylation is 2. The Bertz CT molecular complexity index is 1510. The average Bonchev–Trinajstić information content (AvgIpc) is 3.65. The van der Waals surface area contributed by atoms with Gasteiger partial charge >= 0.3 is 0 Å². The number of benzene rings is 1. The highest BCUT2D eigenvalue weighted by molar-refractivity contribution is 7.18. The van der Waals surface area contributed by atoms with Gasteiger partial charge in [0.1, 0.15) is 42.0 Å². The molecular formula is C22H22N8O4S2. The topological polar surface area (TPSA) is 157 Å². The van der Waals surface area contributed by atoms with Gasteiger partial charge in [0.05, 0.1) is 44.1 Å². The van der Waals surface area contributed by atoms with E-state index in [1.807, 2.05) is 25.1 Å². The zero-order valence-corrected chi connectivity index (χ0v) is 20.8. The fourth-order valence-corrected chi connectivity index (χ4v) is 5.90. The van der Waals surface area contributed by atoms with E-state index in [0.717, 1.165) is 25.8 Å². The van der Waals surface area contributed by atoms with E-state index in [1.54, 1.807) is 40.8 Å². The molecule has 0 radical (unpaired) electrons. The molecule has 0 spiro atoms. The molecular weight excluding hydrogens is 504 g/mol. The number of ether oxygens (including phenoxy) is 1. The van der Waals surface area contributed by atoms with Gasteiger partial charge in [-0.25, -0.2) is 19.3 Å². The number of thiazole rings is 2. The van der Waals surface area contributed by atoms with E-state index in [0.29, 0.717) is 17.3 Å². The summed E-state index contributed by atoms with van der Waals surface area (Å²) in [5, 5.41) is 46.2. The van der Waals surface area contributed by atoms with Crippen LogP contribution >= 0.6 is 22.7 Å². The fraction of sp³-hybridized carbons (Fsp3) is 0.364. The molecule has 6 rings (SSSR count). The Morgan fingerprint density at radius 2 is 2.00 bits per heavy atom. The minimum atomic E-state index is -1.27. The van der Waals surface area contributed by atoms with E-state index in [4.69, 9.17) is 4.74 Å². The maximum absolute atomic E-state index is 11.5. The average molecular weight is 527 g/mol. The van der Waals surface area contributed by atoms with Crippen molar-refractivity contribution < 1.29 is 20.1 Å². The number of rotatable bonds is 5. The van der Waals surface area contributed by atoms with Crippen LogP contribution in [0.5, 0.6) is 0 Å². The molecule has 1 saturated heterocycles. The summed E-state index contributed by atoms with van der Waals surface area (Å²) in [4.78, 5) is 13.9. The molecule has 0 aliphatic carbocycles. The van der Waals surface area contributed by atoms with Crippen LogP contribution in [0.2, 0.25) is 0 Å². The van der Waals surface area contributed by atoms with Crippen LogP contribution < -0.4 is 0 Å². The maximum atomic E-state index is 11.5. The van der Waals surface area contributed by atoms with Crippen LogP contribution in [0.25, 0.3) is 26.5 Å². The molecule has 2 unspecified atom stereocenters. The number of hydrogen-bond donors (Lipinski definition) is 3. The second kappa shape index (κ2) is 9.06. The Morgan fingerprint density at radius 1 is 1.14 bits per heavy atom. The normalized spacial score (nSPS) is 24.5. The second-order valence-corrected chi connectivity index (χ2v) is 10.6. The number of fused-ring (bicyclic) bond motifs is 1. The molecule has 3 N–H and O–H groups in total. The highest BCUT2D eigenvalue weighted by Crippen LogP contribution is 2.39. The van der Waals surface area contributed by atoms with Crippen LogP contribution in [-0.2, 0) is 4.74 Å². The number of nitrogens with zero attached hydrogens (tertiary/aromatic N) is 8. The molecule has 0 amide bonds. The summed E-state index contributed by atoms with van der Waals surface area (Å²) in [6, 6.07) is 4.80. The molecule has 4 aromatic heterocycles. The molecule has 0 saturated carbocycles. The van der Waals surface area contributed by atoms with Crippen molar-refractivity contribution in [2.24, 2.45) is 0 Å². The van der Waals surface area contributed by atoms with Crippen LogP contribution in [0.15, 0.2) is 36.1 Å². The van der Waals surface area contributed by atoms with Gasteiger partial charge in [0.2, 0.25) is 0 Å². The first kappa shape index (κ1) is 23.3. The van der Waals surface area contributed by atoms with E-state index in [-0.39, 0.29) is 0 Å². The Labute approximate surface area is 212 Å². The van der Waals surface area contributed by atoms with Crippen LogP contribution in [0.3, 0.4) is 0 Å². The SMILES string of the molecule is Cc1nc([C@@H]2OC(CO)[C@H](O)[C@H](n3cc(-c4cncs4)nn3)C2O)n(-c2ccc3nc(C)sc3c2)n1. The third-order valence-electron chi connectivity index (χ3n) is 6.11. The van der Waals surface area contributed by atoms with E-state index < -0.39 is 37.1 Å². The third kappa shape index (κ3) is 3.91. The summed E-state index contributed by atoms with van der Waals surface area (Å²) in [7, 11) is 0. The van der Waals surface area contributed by atoms with Crippen molar-refractivity contribution in [1.82, 2.24) is 39.7 Å². The Balaban J connectivity index is 1.40. The lowest BCUT2D eigenvalue weighted by Crippen LogP contribution is -2.53. The van der Waals surface area contributed by atoms with Crippen molar-refractivity contribution in [2.45, 2.75) is 44.3 Å². The Morgan fingerprint density at radius 3 is 2.78 bits per heavy atom. The van der Waals surface area contributed by atoms with Crippen LogP contribution in [0.1, 0.15) is 28.8 Å². The zero-order chi connectivity index (χ0) is 25.0. The molecule has 1 aliphatic heterocycles. The molecule has 1 fully saturated rings. The van der Waals surface area contributed by atoms with Crippen molar-refractivity contribution >= 4 is 32.9 Å². The van der Waals surface area contributed by atoms with Crippen molar-refractivity contribution in [3.8, 4) is 16.3 Å². The van der Waals surface area contributed by atoms with E-state index in [9.17, 15) is 15.3 Å². The lowest BCUT2D eigenvalue weighted by atomic mass is 9.92.